The third-order valence-corrected chi connectivity index (χ3v) is 5.77. The van der Waals surface area contributed by atoms with Crippen molar-refractivity contribution in [2.75, 3.05) is 26.0 Å². The molecule has 1 aliphatic heterocycles. The van der Waals surface area contributed by atoms with E-state index in [0.717, 1.165) is 23.0 Å². The predicted molar refractivity (Wildman–Crippen MR) is 114 cm³/mol. The quantitative estimate of drug-likeness (QED) is 0.571. The van der Waals surface area contributed by atoms with Crippen LogP contribution < -0.4 is 14.8 Å². The highest BCUT2D eigenvalue weighted by atomic mass is 32.2. The SMILES string of the molecule is Cc1cc(/C=C/C=C2\Nc3ccccc3S2)nc(CCCC[NH+](C)C)[n+]1C. The van der Waals surface area contributed by atoms with Crippen LogP contribution >= 0.6 is 11.8 Å². The second kappa shape index (κ2) is 9.20. The lowest BCUT2D eigenvalue weighted by atomic mass is 10.2. The van der Waals surface area contributed by atoms with E-state index in [1.165, 1.54) is 40.6 Å². The molecule has 2 N–H and O–H groups in total. The van der Waals surface area contributed by atoms with E-state index in [-0.39, 0.29) is 0 Å². The summed E-state index contributed by atoms with van der Waals surface area (Å²) in [6.07, 6.45) is 9.75. The van der Waals surface area contributed by atoms with E-state index in [4.69, 9.17) is 4.98 Å². The number of nitrogens with zero attached hydrogens (tertiary/aromatic N) is 2. The molecule has 142 valence electrons. The number of aromatic nitrogens is 2. The third kappa shape index (κ3) is 5.44. The van der Waals surface area contributed by atoms with Gasteiger partial charge in [-0.15, -0.1) is 0 Å². The van der Waals surface area contributed by atoms with E-state index in [2.05, 4.69) is 86.5 Å². The Morgan fingerprint density at radius 1 is 1.22 bits per heavy atom. The maximum absolute atomic E-state index is 4.87. The zero-order chi connectivity index (χ0) is 19.2. The summed E-state index contributed by atoms with van der Waals surface area (Å²) in [4.78, 5) is 7.65. The number of hydrogen-bond donors (Lipinski definition) is 2. The molecule has 0 spiro atoms. The number of benzene rings is 1. The third-order valence-electron chi connectivity index (χ3n) is 4.74. The van der Waals surface area contributed by atoms with Gasteiger partial charge in [0, 0.05) is 11.0 Å². The van der Waals surface area contributed by atoms with E-state index in [1.807, 2.05) is 0 Å². The zero-order valence-corrected chi connectivity index (χ0v) is 17.6. The van der Waals surface area contributed by atoms with Crippen molar-refractivity contribution in [3.63, 3.8) is 0 Å². The summed E-state index contributed by atoms with van der Waals surface area (Å²) in [6.45, 7) is 3.36. The van der Waals surface area contributed by atoms with E-state index >= 15 is 0 Å². The molecule has 0 unspecified atom stereocenters. The topological polar surface area (TPSA) is 33.2 Å². The summed E-state index contributed by atoms with van der Waals surface area (Å²) in [7, 11) is 6.53. The Kier molecular flexibility index (Phi) is 6.69. The van der Waals surface area contributed by atoms with Crippen molar-refractivity contribution in [2.45, 2.75) is 31.1 Å². The molecule has 27 heavy (non-hydrogen) atoms. The molecule has 2 aromatic rings. The number of rotatable bonds is 7. The summed E-state index contributed by atoms with van der Waals surface area (Å²) in [5, 5.41) is 4.59. The standard InChI is InChI=1S/C22H28N4S/c1-17-16-18(23-21(26(17)4)13-7-8-15-25(2)3)10-9-14-22-24-19-11-5-6-12-20(19)27-22/h5-6,9-12,14,16H,7-8,13,15H2,1-4H3/p+2. The van der Waals surface area contributed by atoms with Crippen molar-refractivity contribution in [3.05, 3.63) is 64.7 Å². The first-order chi connectivity index (χ1) is 13.0. The number of fused-ring (bicyclic) bond motifs is 1. The zero-order valence-electron chi connectivity index (χ0n) is 16.7. The fourth-order valence-electron chi connectivity index (χ4n) is 3.09. The fourth-order valence-corrected chi connectivity index (χ4v) is 4.01. The first-order valence-electron chi connectivity index (χ1n) is 9.61. The molecule has 0 atom stereocenters. The monoisotopic (exact) mass is 382 g/mol. The van der Waals surface area contributed by atoms with Crippen molar-refractivity contribution in [1.29, 1.82) is 0 Å². The van der Waals surface area contributed by atoms with Crippen LogP contribution in [-0.2, 0) is 13.5 Å². The van der Waals surface area contributed by atoms with Gasteiger partial charge in [0.1, 0.15) is 5.69 Å². The molecule has 5 heteroatoms. The summed E-state index contributed by atoms with van der Waals surface area (Å²) < 4.78 is 2.21. The summed E-state index contributed by atoms with van der Waals surface area (Å²) in [6, 6.07) is 10.5. The molecule has 0 fully saturated rings. The van der Waals surface area contributed by atoms with Crippen LogP contribution in [0.3, 0.4) is 0 Å². The van der Waals surface area contributed by atoms with E-state index in [9.17, 15) is 0 Å². The summed E-state index contributed by atoms with van der Waals surface area (Å²) in [5.41, 5.74) is 3.45. The van der Waals surface area contributed by atoms with Gasteiger partial charge in [0.2, 0.25) is 0 Å². The number of allylic oxidation sites excluding steroid dienone is 2. The van der Waals surface area contributed by atoms with Crippen LogP contribution in [0.25, 0.3) is 6.08 Å². The molecular weight excluding hydrogens is 352 g/mol. The predicted octanol–water partition coefficient (Wildman–Crippen LogP) is 2.75. The number of nitrogens with one attached hydrogen (secondary N) is 2. The van der Waals surface area contributed by atoms with Gasteiger partial charge in [0.05, 0.1) is 44.8 Å². The number of para-hydroxylation sites is 1. The molecule has 0 saturated heterocycles. The van der Waals surface area contributed by atoms with E-state index < -0.39 is 0 Å². The number of thioether (sulfide) groups is 1. The van der Waals surface area contributed by atoms with Crippen molar-refractivity contribution >= 4 is 23.5 Å². The largest absolute Gasteiger partial charge is 0.349 e. The summed E-state index contributed by atoms with van der Waals surface area (Å²) in [5.74, 6) is 1.16. The van der Waals surface area contributed by atoms with Crippen molar-refractivity contribution in [3.8, 4) is 0 Å². The van der Waals surface area contributed by atoms with Crippen LogP contribution in [0.4, 0.5) is 5.69 Å². The smallest absolute Gasteiger partial charge is 0.299 e. The highest BCUT2D eigenvalue weighted by Crippen LogP contribution is 2.40. The minimum atomic E-state index is 1.02. The number of unbranched alkanes of at least 4 members (excludes halogenated alkanes) is 1. The number of aryl methyl sites for hydroxylation is 2. The molecule has 1 aliphatic rings. The van der Waals surface area contributed by atoms with Crippen LogP contribution in [0.1, 0.15) is 30.1 Å². The average molecular weight is 383 g/mol. The fraction of sp³-hybridized carbons (Fsp3) is 0.364. The van der Waals surface area contributed by atoms with Crippen molar-refractivity contribution in [1.82, 2.24) is 4.98 Å². The molecule has 0 radical (unpaired) electrons. The Labute approximate surface area is 167 Å². The van der Waals surface area contributed by atoms with Crippen LogP contribution in [0, 0.1) is 6.92 Å². The van der Waals surface area contributed by atoms with Gasteiger partial charge in [-0.2, -0.15) is 0 Å². The second-order valence-electron chi connectivity index (χ2n) is 7.33. The van der Waals surface area contributed by atoms with Crippen LogP contribution in [-0.4, -0.2) is 25.6 Å². The molecule has 0 aliphatic carbocycles. The lowest BCUT2D eigenvalue weighted by molar-refractivity contribution is -0.858. The minimum Gasteiger partial charge on any atom is -0.349 e. The maximum atomic E-state index is 4.87. The van der Waals surface area contributed by atoms with E-state index in [1.54, 1.807) is 11.8 Å². The highest BCUT2D eigenvalue weighted by molar-refractivity contribution is 8.03. The lowest BCUT2D eigenvalue weighted by Gasteiger charge is -2.06. The number of anilines is 1. The Morgan fingerprint density at radius 2 is 2.04 bits per heavy atom. The molecule has 2 heterocycles. The van der Waals surface area contributed by atoms with Gasteiger partial charge in [-0.25, -0.2) is 4.57 Å². The van der Waals surface area contributed by atoms with Crippen molar-refractivity contribution < 1.29 is 9.47 Å². The van der Waals surface area contributed by atoms with Gasteiger partial charge in [0.25, 0.3) is 5.82 Å². The van der Waals surface area contributed by atoms with Gasteiger partial charge in [-0.05, 0) is 49.0 Å². The Bertz CT molecular complexity index is 828. The maximum Gasteiger partial charge on any atom is 0.299 e. The van der Waals surface area contributed by atoms with Crippen LogP contribution in [0.2, 0.25) is 0 Å². The minimum absolute atomic E-state index is 1.02. The molecule has 0 bridgehead atoms. The van der Waals surface area contributed by atoms with Gasteiger partial charge >= 0.3 is 0 Å². The normalized spacial score (nSPS) is 14.9. The van der Waals surface area contributed by atoms with Gasteiger partial charge < -0.3 is 10.2 Å². The van der Waals surface area contributed by atoms with Gasteiger partial charge in [0.15, 0.2) is 5.69 Å². The number of hydrogen-bond acceptors (Lipinski definition) is 3. The first kappa shape index (κ1) is 19.6. The molecule has 0 saturated carbocycles. The Morgan fingerprint density at radius 3 is 2.81 bits per heavy atom. The van der Waals surface area contributed by atoms with Crippen molar-refractivity contribution in [2.24, 2.45) is 7.05 Å². The Balaban J connectivity index is 1.64. The lowest BCUT2D eigenvalue weighted by Crippen LogP contribution is -3.05. The molecule has 3 rings (SSSR count). The Hall–Kier alpha value is -2.11. The summed E-state index contributed by atoms with van der Waals surface area (Å²) >= 11 is 1.77. The molecule has 1 aromatic carbocycles. The van der Waals surface area contributed by atoms with E-state index in [0.29, 0.717) is 0 Å². The molecule has 0 amide bonds. The van der Waals surface area contributed by atoms with Gasteiger partial charge in [-0.1, -0.05) is 30.0 Å². The van der Waals surface area contributed by atoms with Crippen LogP contribution in [0.5, 0.6) is 0 Å². The molecular formula is C22H30N4S+2. The number of quaternary nitrogens is 1. The van der Waals surface area contributed by atoms with Crippen LogP contribution in [0.15, 0.2) is 52.4 Å². The highest BCUT2D eigenvalue weighted by Gasteiger charge is 2.15. The molecule has 1 aromatic heterocycles. The second-order valence-corrected chi connectivity index (χ2v) is 8.41. The average Bonchev–Trinajstić information content (AvgIpc) is 3.05. The first-order valence-corrected chi connectivity index (χ1v) is 10.4. The van der Waals surface area contributed by atoms with Gasteiger partial charge in [-0.3, -0.25) is 0 Å². The molecule has 4 nitrogen and oxygen atoms in total.